The fraction of sp³-hybridized carbons (Fsp3) is 0.750. The van der Waals surface area contributed by atoms with E-state index in [0.717, 1.165) is 25.7 Å². The zero-order chi connectivity index (χ0) is 13.2. The van der Waals surface area contributed by atoms with Crippen LogP contribution in [0, 0.1) is 5.92 Å². The molecule has 1 aliphatic carbocycles. The van der Waals surface area contributed by atoms with E-state index in [4.69, 9.17) is 5.73 Å². The normalized spacial score (nSPS) is 28.1. The van der Waals surface area contributed by atoms with Crippen LogP contribution in [0.4, 0.5) is 0 Å². The summed E-state index contributed by atoms with van der Waals surface area (Å²) in [6, 6.07) is 0. The largest absolute Gasteiger partial charge is 0.347 e. The van der Waals surface area contributed by atoms with E-state index >= 15 is 0 Å². The SMILES string of the molecule is CC1CCCC(N)(C(=O)NCc2ncn(C)n2)C1. The molecule has 1 fully saturated rings. The zero-order valence-electron chi connectivity index (χ0n) is 11.0. The van der Waals surface area contributed by atoms with Crippen LogP contribution in [0.5, 0.6) is 0 Å². The average molecular weight is 251 g/mol. The van der Waals surface area contributed by atoms with E-state index in [9.17, 15) is 4.79 Å². The van der Waals surface area contributed by atoms with Crippen molar-refractivity contribution >= 4 is 5.91 Å². The molecule has 100 valence electrons. The summed E-state index contributed by atoms with van der Waals surface area (Å²) in [6.45, 7) is 2.49. The molecule has 6 nitrogen and oxygen atoms in total. The quantitative estimate of drug-likeness (QED) is 0.811. The van der Waals surface area contributed by atoms with Crippen LogP contribution in [0.25, 0.3) is 0 Å². The molecule has 0 spiro atoms. The summed E-state index contributed by atoms with van der Waals surface area (Å²) in [5, 5.41) is 6.96. The Morgan fingerprint density at radius 2 is 2.50 bits per heavy atom. The maximum atomic E-state index is 12.1. The van der Waals surface area contributed by atoms with Gasteiger partial charge in [0, 0.05) is 7.05 Å². The lowest BCUT2D eigenvalue weighted by atomic mass is 9.76. The smallest absolute Gasteiger partial charge is 0.240 e. The van der Waals surface area contributed by atoms with Gasteiger partial charge in [0.15, 0.2) is 5.82 Å². The Labute approximate surface area is 107 Å². The molecule has 1 aromatic heterocycles. The highest BCUT2D eigenvalue weighted by molar-refractivity contribution is 5.86. The Morgan fingerprint density at radius 3 is 3.11 bits per heavy atom. The van der Waals surface area contributed by atoms with E-state index in [1.807, 2.05) is 0 Å². The number of hydrogen-bond donors (Lipinski definition) is 2. The minimum absolute atomic E-state index is 0.0819. The monoisotopic (exact) mass is 251 g/mol. The summed E-state index contributed by atoms with van der Waals surface area (Å²) >= 11 is 0. The first-order chi connectivity index (χ1) is 8.49. The summed E-state index contributed by atoms with van der Waals surface area (Å²) in [7, 11) is 1.80. The second-order valence-corrected chi connectivity index (χ2v) is 5.37. The van der Waals surface area contributed by atoms with Crippen molar-refractivity contribution in [2.45, 2.75) is 44.7 Å². The topological polar surface area (TPSA) is 85.8 Å². The van der Waals surface area contributed by atoms with Gasteiger partial charge in [-0.05, 0) is 18.8 Å². The molecule has 0 aliphatic heterocycles. The molecule has 3 N–H and O–H groups in total. The van der Waals surface area contributed by atoms with Crippen molar-refractivity contribution in [2.75, 3.05) is 0 Å². The van der Waals surface area contributed by atoms with E-state index in [1.54, 1.807) is 18.1 Å². The highest BCUT2D eigenvalue weighted by Gasteiger charge is 2.37. The number of nitrogens with zero attached hydrogens (tertiary/aromatic N) is 3. The highest BCUT2D eigenvalue weighted by atomic mass is 16.2. The van der Waals surface area contributed by atoms with Crippen molar-refractivity contribution in [2.24, 2.45) is 18.7 Å². The van der Waals surface area contributed by atoms with Gasteiger partial charge in [-0.2, -0.15) is 5.10 Å². The summed E-state index contributed by atoms with van der Waals surface area (Å²) in [4.78, 5) is 16.2. The van der Waals surface area contributed by atoms with Crippen molar-refractivity contribution in [3.63, 3.8) is 0 Å². The molecule has 0 saturated heterocycles. The highest BCUT2D eigenvalue weighted by Crippen LogP contribution is 2.30. The first-order valence-electron chi connectivity index (χ1n) is 6.41. The second kappa shape index (κ2) is 5.06. The molecular weight excluding hydrogens is 230 g/mol. The lowest BCUT2D eigenvalue weighted by molar-refractivity contribution is -0.128. The number of carbonyl (C=O) groups excluding carboxylic acids is 1. The van der Waals surface area contributed by atoms with Crippen LogP contribution < -0.4 is 11.1 Å². The van der Waals surface area contributed by atoms with Crippen molar-refractivity contribution in [3.8, 4) is 0 Å². The van der Waals surface area contributed by atoms with Gasteiger partial charge in [0.25, 0.3) is 0 Å². The van der Waals surface area contributed by atoms with E-state index in [2.05, 4.69) is 22.3 Å². The van der Waals surface area contributed by atoms with Gasteiger partial charge in [-0.3, -0.25) is 9.48 Å². The maximum Gasteiger partial charge on any atom is 0.240 e. The number of nitrogens with two attached hydrogens (primary N) is 1. The second-order valence-electron chi connectivity index (χ2n) is 5.37. The fourth-order valence-corrected chi connectivity index (χ4v) is 2.60. The Balaban J connectivity index is 1.91. The van der Waals surface area contributed by atoms with Crippen molar-refractivity contribution in [1.82, 2.24) is 20.1 Å². The van der Waals surface area contributed by atoms with Crippen LogP contribution in [-0.4, -0.2) is 26.2 Å². The predicted molar refractivity (Wildman–Crippen MR) is 67.4 cm³/mol. The van der Waals surface area contributed by atoms with E-state index in [0.29, 0.717) is 18.3 Å². The third-order valence-electron chi connectivity index (χ3n) is 3.54. The fourth-order valence-electron chi connectivity index (χ4n) is 2.60. The number of aryl methyl sites for hydroxylation is 1. The minimum Gasteiger partial charge on any atom is -0.347 e. The van der Waals surface area contributed by atoms with Gasteiger partial charge in [-0.25, -0.2) is 4.98 Å². The van der Waals surface area contributed by atoms with Gasteiger partial charge in [0.05, 0.1) is 12.1 Å². The van der Waals surface area contributed by atoms with E-state index in [1.165, 1.54) is 0 Å². The number of amides is 1. The summed E-state index contributed by atoms with van der Waals surface area (Å²) in [5.41, 5.74) is 5.49. The van der Waals surface area contributed by atoms with Crippen LogP contribution in [0.2, 0.25) is 0 Å². The Hall–Kier alpha value is -1.43. The Bertz CT molecular complexity index is 430. The Kier molecular flexibility index (Phi) is 3.65. The molecule has 1 aliphatic rings. The summed E-state index contributed by atoms with van der Waals surface area (Å²) in [6.07, 6.45) is 5.32. The number of nitrogens with one attached hydrogen (secondary N) is 1. The first kappa shape index (κ1) is 13.0. The molecule has 6 heteroatoms. The molecule has 0 bridgehead atoms. The molecular formula is C12H21N5O. The van der Waals surface area contributed by atoms with Gasteiger partial charge in [0.1, 0.15) is 6.33 Å². The molecule has 1 heterocycles. The van der Waals surface area contributed by atoms with Gasteiger partial charge in [0.2, 0.25) is 5.91 Å². The maximum absolute atomic E-state index is 12.1. The zero-order valence-corrected chi connectivity index (χ0v) is 11.0. The predicted octanol–water partition coefficient (Wildman–Crippen LogP) is 0.339. The molecule has 2 unspecified atom stereocenters. The molecule has 1 amide bonds. The molecule has 2 rings (SSSR count). The average Bonchev–Trinajstić information content (AvgIpc) is 2.71. The third-order valence-corrected chi connectivity index (χ3v) is 3.54. The van der Waals surface area contributed by atoms with E-state index < -0.39 is 5.54 Å². The van der Waals surface area contributed by atoms with Gasteiger partial charge in [-0.15, -0.1) is 0 Å². The lowest BCUT2D eigenvalue weighted by Gasteiger charge is -2.35. The molecule has 18 heavy (non-hydrogen) atoms. The third kappa shape index (κ3) is 2.87. The van der Waals surface area contributed by atoms with E-state index in [-0.39, 0.29) is 5.91 Å². The van der Waals surface area contributed by atoms with Crippen LogP contribution in [0.3, 0.4) is 0 Å². The van der Waals surface area contributed by atoms with Crippen molar-refractivity contribution in [1.29, 1.82) is 0 Å². The molecule has 0 aromatic carbocycles. The van der Waals surface area contributed by atoms with Crippen LogP contribution in [0.1, 0.15) is 38.4 Å². The molecule has 2 atom stereocenters. The van der Waals surface area contributed by atoms with Crippen LogP contribution in [0.15, 0.2) is 6.33 Å². The number of aromatic nitrogens is 3. The van der Waals surface area contributed by atoms with Crippen LogP contribution in [-0.2, 0) is 18.4 Å². The first-order valence-corrected chi connectivity index (χ1v) is 6.41. The summed E-state index contributed by atoms with van der Waals surface area (Å²) < 4.78 is 1.61. The number of hydrogen-bond acceptors (Lipinski definition) is 4. The number of rotatable bonds is 3. The van der Waals surface area contributed by atoms with Crippen molar-refractivity contribution in [3.05, 3.63) is 12.2 Å². The molecule has 0 radical (unpaired) electrons. The number of carbonyl (C=O) groups is 1. The summed E-state index contributed by atoms with van der Waals surface area (Å²) in [5.74, 6) is 1.04. The standard InChI is InChI=1S/C12H21N5O/c1-9-4-3-5-12(13,6-9)11(18)14-7-10-15-8-17(2)16-10/h8-9H,3-7,13H2,1-2H3,(H,14,18). The minimum atomic E-state index is -0.716. The molecule has 1 saturated carbocycles. The van der Waals surface area contributed by atoms with Crippen LogP contribution >= 0.6 is 0 Å². The van der Waals surface area contributed by atoms with Gasteiger partial charge < -0.3 is 11.1 Å². The molecule has 1 aromatic rings. The Morgan fingerprint density at radius 1 is 1.72 bits per heavy atom. The van der Waals surface area contributed by atoms with Gasteiger partial charge in [-0.1, -0.05) is 19.8 Å². The van der Waals surface area contributed by atoms with Crippen molar-refractivity contribution < 1.29 is 4.79 Å². The van der Waals surface area contributed by atoms with Gasteiger partial charge >= 0.3 is 0 Å². The lowest BCUT2D eigenvalue weighted by Crippen LogP contribution is -2.56.